The molecule has 0 rings (SSSR count). The van der Waals surface area contributed by atoms with E-state index in [1.165, 1.54) is 0 Å². The fourth-order valence-corrected chi connectivity index (χ4v) is 0. The average molecular weight is 814 g/mol. The summed E-state index contributed by atoms with van der Waals surface area (Å²) in [4.78, 5) is 103. The molecule has 0 saturated carbocycles. The van der Waals surface area contributed by atoms with Crippen LogP contribution in [0.2, 0.25) is 0 Å². The molecule has 146 valence electrons. The molecule has 0 aliphatic carbocycles. The first kappa shape index (κ1) is 52.3. The minimum absolute atomic E-state index is 0. The summed E-state index contributed by atoms with van der Waals surface area (Å²) in [7, 11) is -12.9. The Balaban J connectivity index is -0.0000000255. The summed E-state index contributed by atoms with van der Waals surface area (Å²) in [6.07, 6.45) is 0. The first-order valence-electron chi connectivity index (χ1n) is 3.25. The van der Waals surface area contributed by atoms with E-state index < -0.39 is 31.3 Å². The summed E-state index contributed by atoms with van der Waals surface area (Å²) >= 11 is -0.363. The summed E-state index contributed by atoms with van der Waals surface area (Å²) in [6, 6.07) is 0. The van der Waals surface area contributed by atoms with Gasteiger partial charge in [0.2, 0.25) is 0 Å². The van der Waals surface area contributed by atoms with Crippen molar-refractivity contribution in [1.82, 2.24) is 0 Å². The predicted molar refractivity (Wildman–Crippen MR) is 45.6 cm³/mol. The zero-order valence-electron chi connectivity index (χ0n) is 11.0. The average Bonchev–Trinajstić information content (AvgIpc) is 1.87. The molecule has 0 amide bonds. The van der Waals surface area contributed by atoms with E-state index in [1.54, 1.807) is 0 Å². The summed E-state index contributed by atoms with van der Waals surface area (Å²) in [5.74, 6) is 0. The van der Waals surface area contributed by atoms with Gasteiger partial charge in [-0.2, -0.15) is 31.3 Å². The molecule has 0 spiro atoms. The van der Waals surface area contributed by atoms with Crippen molar-refractivity contribution in [3.8, 4) is 0 Å². The molecule has 0 aliphatic rings. The zero-order valence-corrected chi connectivity index (χ0v) is 25.6. The summed E-state index contributed by atoms with van der Waals surface area (Å²) in [5.41, 5.74) is 0. The maximum Gasteiger partial charge on any atom is 4.00 e. The molecular weight excluding hydrogens is 814 g/mol. The van der Waals surface area contributed by atoms with Gasteiger partial charge in [0, 0.05) is 0 Å². The largest absolute Gasteiger partial charge is 4.00 e. The van der Waals surface area contributed by atoms with Gasteiger partial charge in [-0.15, -0.1) is 0 Å². The van der Waals surface area contributed by atoms with Gasteiger partial charge in [0.15, 0.2) is 0 Å². The van der Waals surface area contributed by atoms with Gasteiger partial charge in [-0.1, -0.05) is 0 Å². The first-order valence-corrected chi connectivity index (χ1v) is 14.7. The third-order valence-electron chi connectivity index (χ3n) is 0. The van der Waals surface area contributed by atoms with E-state index in [9.17, 15) is 0 Å². The van der Waals surface area contributed by atoms with Crippen LogP contribution < -0.4 is 58.7 Å². The van der Waals surface area contributed by atoms with Gasteiger partial charge in [-0.05, 0) is 0 Å². The number of rotatable bonds is 0. The molecule has 0 aromatic rings. The number of hydrogen-bond acceptors (Lipinski definition) is 18. The molecule has 0 N–H and O–H groups in total. The van der Waals surface area contributed by atoms with Gasteiger partial charge in [0.05, 0.1) is 0 Å². The standard InChI is InChI=1S/Mo.4H3O4P.2S.3Zr/c;4*1-5(2,3)4;;;;;/h;4*(H3,1,2,3,4);;;;;/q;;;;;;;3*+4/p-12. The SMILES string of the molecule is O=P([O-])([O-])[O-].O=P([O-])([O-])[O-].O=P([O-])([O-])[O-].O=P([O-])([O-])[O-].[S]=[Mo]=[S].[Zr+4].[Zr+4].[Zr+4]. The van der Waals surface area contributed by atoms with Gasteiger partial charge in [0.1, 0.15) is 0 Å². The van der Waals surface area contributed by atoms with Gasteiger partial charge in [0.25, 0.3) is 0 Å². The normalized spacial score (nSPS) is 9.54. The van der Waals surface area contributed by atoms with Crippen molar-refractivity contribution in [1.29, 1.82) is 0 Å². The third kappa shape index (κ3) is 1180. The van der Waals surface area contributed by atoms with Crippen LogP contribution in [0.3, 0.4) is 0 Å². The van der Waals surface area contributed by atoms with Gasteiger partial charge in [-0.3, -0.25) is 0 Å². The Kier molecular flexibility index (Phi) is 54.8. The maximum atomic E-state index is 8.55. The second-order valence-corrected chi connectivity index (χ2v) is 8.99. The van der Waals surface area contributed by atoms with Crippen molar-refractivity contribution in [2.24, 2.45) is 0 Å². The molecule has 0 aromatic heterocycles. The summed E-state index contributed by atoms with van der Waals surface area (Å²) < 4.78 is 34.2. The van der Waals surface area contributed by atoms with Gasteiger partial charge < -0.3 is 77.0 Å². The number of phosphoric acid groups is 4. The van der Waals surface area contributed by atoms with E-state index in [4.69, 9.17) is 77.0 Å². The molecule has 0 aromatic carbocycles. The van der Waals surface area contributed by atoms with Crippen molar-refractivity contribution in [3.63, 3.8) is 0 Å². The van der Waals surface area contributed by atoms with E-state index in [0.29, 0.717) is 0 Å². The third-order valence-corrected chi connectivity index (χ3v) is 0. The van der Waals surface area contributed by atoms with Crippen LogP contribution in [0, 0.1) is 0 Å². The Labute approximate surface area is 218 Å². The fourth-order valence-electron chi connectivity index (χ4n) is 0. The van der Waals surface area contributed by atoms with E-state index in [-0.39, 0.29) is 93.5 Å². The van der Waals surface area contributed by atoms with Crippen LogP contribution in [0.15, 0.2) is 0 Å². The second-order valence-electron chi connectivity index (χ2n) is 1.86. The molecular formula is MoO16P4S2Zr3. The van der Waals surface area contributed by atoms with Gasteiger partial charge in [-0.25, -0.2) is 0 Å². The van der Waals surface area contributed by atoms with Crippen LogP contribution in [-0.2, 0) is 112 Å². The number of hydrogen-bond donors (Lipinski definition) is 0. The van der Waals surface area contributed by atoms with E-state index in [2.05, 4.69) is 19.6 Å². The maximum absolute atomic E-state index is 8.55. The molecule has 26 heteroatoms. The molecule has 0 radical (unpaired) electrons. The molecule has 16 nitrogen and oxygen atoms in total. The van der Waals surface area contributed by atoms with Crippen LogP contribution in [0.25, 0.3) is 0 Å². The summed E-state index contributed by atoms with van der Waals surface area (Å²) in [5, 5.41) is 0. The second kappa shape index (κ2) is 27.3. The van der Waals surface area contributed by atoms with Gasteiger partial charge >= 0.3 is 113 Å². The van der Waals surface area contributed by atoms with Crippen molar-refractivity contribution in [3.05, 3.63) is 0 Å². The summed E-state index contributed by atoms with van der Waals surface area (Å²) in [6.45, 7) is 0. The van der Waals surface area contributed by atoms with Crippen LogP contribution in [-0.4, -0.2) is 0 Å². The molecule has 0 unspecified atom stereocenters. The van der Waals surface area contributed by atoms with Crippen LogP contribution in [0.4, 0.5) is 0 Å². The quantitative estimate of drug-likeness (QED) is 0.162. The van der Waals surface area contributed by atoms with Crippen molar-refractivity contribution in [2.45, 2.75) is 0 Å². The van der Waals surface area contributed by atoms with Crippen LogP contribution in [0.5, 0.6) is 0 Å². The Morgan fingerprint density at radius 2 is 0.423 bits per heavy atom. The van der Waals surface area contributed by atoms with Crippen LogP contribution >= 0.6 is 50.9 Å². The molecule has 0 atom stereocenters. The van der Waals surface area contributed by atoms with Crippen molar-refractivity contribution < 1.29 is 171 Å². The zero-order chi connectivity index (χ0) is 20.7. The minimum atomic E-state index is -5.39. The Morgan fingerprint density at radius 1 is 0.423 bits per heavy atom. The first-order chi connectivity index (χ1) is 9.41. The van der Waals surface area contributed by atoms with Crippen molar-refractivity contribution in [2.75, 3.05) is 0 Å². The van der Waals surface area contributed by atoms with Crippen LogP contribution in [0.1, 0.15) is 0 Å². The molecule has 26 heavy (non-hydrogen) atoms. The fraction of sp³-hybridized carbons (Fsp3) is 0. The van der Waals surface area contributed by atoms with E-state index in [1.807, 2.05) is 0 Å². The van der Waals surface area contributed by atoms with E-state index >= 15 is 0 Å². The minimum Gasteiger partial charge on any atom is 4.00 e. The monoisotopic (exact) mass is 811 g/mol. The molecule has 0 fully saturated rings. The Bertz CT molecular complexity index is 381. The Morgan fingerprint density at radius 3 is 0.423 bits per heavy atom. The Hall–Kier alpha value is 4.22. The van der Waals surface area contributed by atoms with E-state index in [0.717, 1.165) is 0 Å². The smallest absolute Gasteiger partial charge is 4.00 e. The molecule has 0 heterocycles. The molecule has 0 saturated heterocycles. The van der Waals surface area contributed by atoms with Crippen molar-refractivity contribution >= 4 is 50.9 Å². The molecule has 0 aliphatic heterocycles. The topological polar surface area (TPSA) is 345 Å². The predicted octanol–water partition coefficient (Wildman–Crippen LogP) is -10.0. The molecule has 0 bridgehead atoms.